The molecule has 116 valence electrons. The van der Waals surface area contributed by atoms with Crippen LogP contribution < -0.4 is 0 Å². The van der Waals surface area contributed by atoms with Crippen molar-refractivity contribution in [3.63, 3.8) is 0 Å². The average Bonchev–Trinajstić information content (AvgIpc) is 3.16. The van der Waals surface area contributed by atoms with Crippen LogP contribution in [0.4, 0.5) is 0 Å². The Bertz CT molecular complexity index is 652. The van der Waals surface area contributed by atoms with Crippen LogP contribution in [0.3, 0.4) is 0 Å². The zero-order valence-electron chi connectivity index (χ0n) is 12.8. The Morgan fingerprint density at radius 1 is 1.27 bits per heavy atom. The lowest BCUT2D eigenvalue weighted by atomic mass is 10.1. The van der Waals surface area contributed by atoms with E-state index < -0.39 is 6.10 Å². The van der Waals surface area contributed by atoms with Crippen molar-refractivity contribution in [1.29, 1.82) is 0 Å². The minimum absolute atomic E-state index is 0.0165. The molecule has 1 N–H and O–H groups in total. The maximum absolute atomic E-state index is 12.6. The molecule has 1 aliphatic heterocycles. The summed E-state index contributed by atoms with van der Waals surface area (Å²) in [7, 11) is 3.83. The monoisotopic (exact) mass is 300 g/mol. The Kier molecular flexibility index (Phi) is 4.00. The van der Waals surface area contributed by atoms with Gasteiger partial charge in [-0.3, -0.25) is 4.79 Å². The zero-order chi connectivity index (χ0) is 15.7. The number of likely N-dealkylation sites (N-methyl/N-ethyl adjacent to an activating group) is 1. The van der Waals surface area contributed by atoms with Crippen molar-refractivity contribution in [3.05, 3.63) is 48.2 Å². The number of β-amino-alcohol motifs (C(OH)–C–C–N with tert-alkyl or cyclic N) is 1. The number of benzene rings is 1. The lowest BCUT2D eigenvalue weighted by Gasteiger charge is -2.21. The molecule has 1 aromatic carbocycles. The standard InChI is InChI=1S/C17H20N2O3/c1-18(2)14-10-19(11-15(14)20)17(21)13-6-3-5-12(9-13)16-7-4-8-22-16/h3-9,14-15,20H,10-11H2,1-2H3/t14-,15-/m1/s1. The van der Waals surface area contributed by atoms with Crippen LogP contribution in [0.5, 0.6) is 0 Å². The second-order valence-corrected chi connectivity index (χ2v) is 5.87. The van der Waals surface area contributed by atoms with Crippen molar-refractivity contribution in [1.82, 2.24) is 9.80 Å². The summed E-state index contributed by atoms with van der Waals surface area (Å²) in [6, 6.07) is 11.1. The molecule has 2 heterocycles. The number of carbonyl (C=O) groups is 1. The van der Waals surface area contributed by atoms with E-state index in [1.54, 1.807) is 17.2 Å². The molecule has 1 aliphatic rings. The minimum Gasteiger partial charge on any atom is -0.464 e. The Morgan fingerprint density at radius 2 is 2.09 bits per heavy atom. The summed E-state index contributed by atoms with van der Waals surface area (Å²) in [5.41, 5.74) is 1.49. The van der Waals surface area contributed by atoms with E-state index in [0.29, 0.717) is 18.7 Å². The first kappa shape index (κ1) is 14.8. The lowest BCUT2D eigenvalue weighted by molar-refractivity contribution is 0.0764. The molecule has 5 nitrogen and oxygen atoms in total. The maximum Gasteiger partial charge on any atom is 0.254 e. The predicted octanol–water partition coefficient (Wildman–Crippen LogP) is 1.69. The summed E-state index contributed by atoms with van der Waals surface area (Å²) in [6.07, 6.45) is 1.11. The zero-order valence-corrected chi connectivity index (χ0v) is 12.8. The third-order valence-electron chi connectivity index (χ3n) is 4.12. The fourth-order valence-electron chi connectivity index (χ4n) is 2.87. The van der Waals surface area contributed by atoms with Crippen LogP contribution in [0, 0.1) is 0 Å². The Hall–Kier alpha value is -2.11. The van der Waals surface area contributed by atoms with Gasteiger partial charge in [0.2, 0.25) is 0 Å². The summed E-state index contributed by atoms with van der Waals surface area (Å²) in [5.74, 6) is 0.680. The highest BCUT2D eigenvalue weighted by atomic mass is 16.3. The highest BCUT2D eigenvalue weighted by molar-refractivity contribution is 5.95. The number of carbonyl (C=O) groups excluding carboxylic acids is 1. The van der Waals surface area contributed by atoms with Gasteiger partial charge in [0.15, 0.2) is 0 Å². The van der Waals surface area contributed by atoms with Gasteiger partial charge in [-0.15, -0.1) is 0 Å². The van der Waals surface area contributed by atoms with E-state index in [-0.39, 0.29) is 11.9 Å². The van der Waals surface area contributed by atoms with E-state index in [1.807, 2.05) is 49.3 Å². The van der Waals surface area contributed by atoms with Gasteiger partial charge in [0.25, 0.3) is 5.91 Å². The molecule has 2 aromatic rings. The number of aliphatic hydroxyl groups excluding tert-OH is 1. The molecule has 0 aliphatic carbocycles. The van der Waals surface area contributed by atoms with Gasteiger partial charge in [-0.25, -0.2) is 0 Å². The highest BCUT2D eigenvalue weighted by Gasteiger charge is 2.35. The van der Waals surface area contributed by atoms with Crippen LogP contribution in [-0.4, -0.2) is 60.1 Å². The van der Waals surface area contributed by atoms with Gasteiger partial charge in [-0.2, -0.15) is 0 Å². The van der Waals surface area contributed by atoms with Crippen molar-refractivity contribution >= 4 is 5.91 Å². The second kappa shape index (κ2) is 5.94. The predicted molar refractivity (Wildman–Crippen MR) is 83.5 cm³/mol. The summed E-state index contributed by atoms with van der Waals surface area (Å²) in [6.45, 7) is 0.907. The smallest absolute Gasteiger partial charge is 0.254 e. The molecule has 0 bridgehead atoms. The molecular weight excluding hydrogens is 280 g/mol. The number of aliphatic hydroxyl groups is 1. The topological polar surface area (TPSA) is 56.9 Å². The molecule has 1 aromatic heterocycles. The first-order valence-corrected chi connectivity index (χ1v) is 7.34. The summed E-state index contributed by atoms with van der Waals surface area (Å²) < 4.78 is 5.37. The van der Waals surface area contributed by atoms with Crippen molar-refractivity contribution in [2.75, 3.05) is 27.2 Å². The van der Waals surface area contributed by atoms with Gasteiger partial charge in [-0.05, 0) is 38.4 Å². The average molecular weight is 300 g/mol. The van der Waals surface area contributed by atoms with E-state index in [4.69, 9.17) is 4.42 Å². The number of furan rings is 1. The van der Waals surface area contributed by atoms with Crippen LogP contribution in [0.1, 0.15) is 10.4 Å². The first-order valence-electron chi connectivity index (χ1n) is 7.34. The number of nitrogens with zero attached hydrogens (tertiary/aromatic N) is 2. The molecule has 1 fully saturated rings. The minimum atomic E-state index is -0.507. The molecular formula is C17H20N2O3. The number of rotatable bonds is 3. The largest absolute Gasteiger partial charge is 0.464 e. The highest BCUT2D eigenvalue weighted by Crippen LogP contribution is 2.23. The van der Waals surface area contributed by atoms with Crippen molar-refractivity contribution in [3.8, 4) is 11.3 Å². The Morgan fingerprint density at radius 3 is 2.73 bits per heavy atom. The van der Waals surface area contributed by atoms with Gasteiger partial charge in [-0.1, -0.05) is 12.1 Å². The van der Waals surface area contributed by atoms with Crippen LogP contribution >= 0.6 is 0 Å². The van der Waals surface area contributed by atoms with Gasteiger partial charge in [0.1, 0.15) is 5.76 Å². The van der Waals surface area contributed by atoms with E-state index in [9.17, 15) is 9.90 Å². The first-order chi connectivity index (χ1) is 10.6. The van der Waals surface area contributed by atoms with E-state index in [0.717, 1.165) is 11.3 Å². The molecule has 0 saturated carbocycles. The van der Waals surface area contributed by atoms with E-state index in [2.05, 4.69) is 0 Å². The van der Waals surface area contributed by atoms with Crippen molar-refractivity contribution in [2.45, 2.75) is 12.1 Å². The number of amides is 1. The quantitative estimate of drug-likeness (QED) is 0.937. The molecule has 1 saturated heterocycles. The molecule has 0 unspecified atom stereocenters. The van der Waals surface area contributed by atoms with Crippen LogP contribution in [0.25, 0.3) is 11.3 Å². The van der Waals surface area contributed by atoms with Crippen LogP contribution in [0.2, 0.25) is 0 Å². The Labute approximate surface area is 129 Å². The van der Waals surface area contributed by atoms with Crippen LogP contribution in [0.15, 0.2) is 47.1 Å². The summed E-state index contributed by atoms with van der Waals surface area (Å²) in [5, 5.41) is 10.1. The van der Waals surface area contributed by atoms with Gasteiger partial charge < -0.3 is 19.3 Å². The number of hydrogen-bond donors (Lipinski definition) is 1. The normalized spacial score (nSPS) is 21.5. The van der Waals surface area contributed by atoms with Gasteiger partial charge >= 0.3 is 0 Å². The fraction of sp³-hybridized carbons (Fsp3) is 0.353. The van der Waals surface area contributed by atoms with Crippen molar-refractivity contribution in [2.24, 2.45) is 0 Å². The molecule has 1 amide bonds. The fourth-order valence-corrected chi connectivity index (χ4v) is 2.87. The van der Waals surface area contributed by atoms with E-state index >= 15 is 0 Å². The number of likely N-dealkylation sites (tertiary alicyclic amines) is 1. The Balaban J connectivity index is 1.80. The SMILES string of the molecule is CN(C)[C@@H]1CN(C(=O)c2cccc(-c3ccco3)c2)C[C@H]1O. The van der Waals surface area contributed by atoms with Gasteiger partial charge in [0.05, 0.1) is 18.4 Å². The molecule has 0 radical (unpaired) electrons. The molecule has 2 atom stereocenters. The molecule has 5 heteroatoms. The number of hydrogen-bond acceptors (Lipinski definition) is 4. The summed E-state index contributed by atoms with van der Waals surface area (Å²) >= 11 is 0. The van der Waals surface area contributed by atoms with Gasteiger partial charge in [0, 0.05) is 24.2 Å². The van der Waals surface area contributed by atoms with E-state index in [1.165, 1.54) is 0 Å². The second-order valence-electron chi connectivity index (χ2n) is 5.87. The molecule has 22 heavy (non-hydrogen) atoms. The lowest BCUT2D eigenvalue weighted by Crippen LogP contribution is -2.38. The summed E-state index contributed by atoms with van der Waals surface area (Å²) in [4.78, 5) is 16.3. The maximum atomic E-state index is 12.6. The molecule has 3 rings (SSSR count). The van der Waals surface area contributed by atoms with Crippen molar-refractivity contribution < 1.29 is 14.3 Å². The molecule has 0 spiro atoms. The third-order valence-corrected chi connectivity index (χ3v) is 4.12. The van der Waals surface area contributed by atoms with Crippen LogP contribution in [-0.2, 0) is 0 Å². The third kappa shape index (κ3) is 2.77.